The van der Waals surface area contributed by atoms with Crippen LogP contribution >= 0.6 is 11.8 Å². The van der Waals surface area contributed by atoms with Crippen LogP contribution in [-0.2, 0) is 9.59 Å². The van der Waals surface area contributed by atoms with Crippen molar-refractivity contribution in [3.63, 3.8) is 0 Å². The molecule has 1 saturated heterocycles. The Labute approximate surface area is 134 Å². The average molecular weight is 326 g/mol. The third kappa shape index (κ3) is 6.07. The first-order valence-electron chi connectivity index (χ1n) is 7.42. The molecule has 1 unspecified atom stereocenters. The van der Waals surface area contributed by atoms with E-state index in [0.717, 1.165) is 19.5 Å². The molecule has 2 heterocycles. The van der Waals surface area contributed by atoms with Crippen molar-refractivity contribution in [1.82, 2.24) is 15.8 Å². The Balaban J connectivity index is 1.51. The highest BCUT2D eigenvalue weighted by Gasteiger charge is 2.14. The molecule has 0 spiro atoms. The summed E-state index contributed by atoms with van der Waals surface area (Å²) in [7, 11) is 0. The second kappa shape index (κ2) is 8.79. The number of carbonyl (C=O) groups excluding carboxylic acids is 2. The molecule has 1 fully saturated rings. The summed E-state index contributed by atoms with van der Waals surface area (Å²) in [5.74, 6) is 1.99. The Hall–Kier alpha value is -1.54. The molecule has 122 valence electrons. The molecule has 7 nitrogen and oxygen atoms in total. The number of nitrogens with zero attached hydrogens (tertiary/aromatic N) is 1. The molecule has 0 aliphatic carbocycles. The zero-order valence-electron chi connectivity index (χ0n) is 12.7. The van der Waals surface area contributed by atoms with Gasteiger partial charge < -0.3 is 20.5 Å². The third-order valence-corrected chi connectivity index (χ3v) is 4.33. The molecule has 0 bridgehead atoms. The van der Waals surface area contributed by atoms with E-state index < -0.39 is 0 Å². The lowest BCUT2D eigenvalue weighted by Crippen LogP contribution is -2.28. The topological polar surface area (TPSA) is 96.3 Å². The van der Waals surface area contributed by atoms with Crippen LogP contribution in [0.1, 0.15) is 18.6 Å². The largest absolute Gasteiger partial charge is 0.360 e. The van der Waals surface area contributed by atoms with Crippen molar-refractivity contribution >= 4 is 29.4 Å². The van der Waals surface area contributed by atoms with E-state index in [9.17, 15) is 9.59 Å². The fourth-order valence-corrected chi connectivity index (χ4v) is 2.92. The summed E-state index contributed by atoms with van der Waals surface area (Å²) in [5, 5.41) is 12.5. The van der Waals surface area contributed by atoms with E-state index >= 15 is 0 Å². The van der Waals surface area contributed by atoms with Gasteiger partial charge >= 0.3 is 0 Å². The van der Waals surface area contributed by atoms with Gasteiger partial charge in [-0.25, -0.2) is 0 Å². The van der Waals surface area contributed by atoms with Crippen LogP contribution in [0.25, 0.3) is 0 Å². The lowest BCUT2D eigenvalue weighted by atomic mass is 10.1. The fraction of sp³-hybridized carbons (Fsp3) is 0.643. The molecule has 2 rings (SSSR count). The van der Waals surface area contributed by atoms with Gasteiger partial charge in [0.25, 0.3) is 0 Å². The van der Waals surface area contributed by atoms with Crippen LogP contribution in [0, 0.1) is 12.8 Å². The zero-order chi connectivity index (χ0) is 15.8. The molecule has 1 aliphatic heterocycles. The number of aromatic nitrogens is 1. The molecule has 22 heavy (non-hydrogen) atoms. The molecule has 0 radical (unpaired) electrons. The van der Waals surface area contributed by atoms with E-state index in [0.29, 0.717) is 24.0 Å². The number of rotatable bonds is 8. The van der Waals surface area contributed by atoms with Gasteiger partial charge in [0.2, 0.25) is 11.8 Å². The second-order valence-electron chi connectivity index (χ2n) is 5.36. The van der Waals surface area contributed by atoms with Crippen molar-refractivity contribution < 1.29 is 14.1 Å². The van der Waals surface area contributed by atoms with Gasteiger partial charge in [-0.15, -0.1) is 11.8 Å². The number of thioether (sulfide) groups is 1. The van der Waals surface area contributed by atoms with Crippen LogP contribution in [0.2, 0.25) is 0 Å². The number of carbonyl (C=O) groups is 2. The minimum Gasteiger partial charge on any atom is -0.360 e. The first-order valence-corrected chi connectivity index (χ1v) is 8.57. The van der Waals surface area contributed by atoms with E-state index in [-0.39, 0.29) is 23.3 Å². The van der Waals surface area contributed by atoms with Crippen molar-refractivity contribution in [3.05, 3.63) is 11.8 Å². The van der Waals surface area contributed by atoms with Crippen molar-refractivity contribution in [1.29, 1.82) is 0 Å². The molecule has 1 aliphatic rings. The minimum atomic E-state index is -0.192. The van der Waals surface area contributed by atoms with E-state index in [1.165, 1.54) is 18.2 Å². The normalized spacial score (nSPS) is 17.4. The smallest absolute Gasteiger partial charge is 0.235 e. The Kier molecular flexibility index (Phi) is 6.73. The molecule has 8 heteroatoms. The maximum Gasteiger partial charge on any atom is 0.235 e. The summed E-state index contributed by atoms with van der Waals surface area (Å²) in [6, 6.07) is 1.65. The van der Waals surface area contributed by atoms with Crippen LogP contribution in [0.15, 0.2) is 10.6 Å². The lowest BCUT2D eigenvalue weighted by molar-refractivity contribution is -0.118. The first-order chi connectivity index (χ1) is 10.6. The summed E-state index contributed by atoms with van der Waals surface area (Å²) in [6.45, 7) is 4.58. The molecule has 1 aromatic rings. The number of anilines is 1. The fourth-order valence-electron chi connectivity index (χ4n) is 2.27. The molecule has 3 N–H and O–H groups in total. The van der Waals surface area contributed by atoms with Gasteiger partial charge in [-0.1, -0.05) is 5.16 Å². The Bertz CT molecular complexity index is 500. The van der Waals surface area contributed by atoms with Crippen LogP contribution in [0.5, 0.6) is 0 Å². The minimum absolute atomic E-state index is 0.0268. The van der Waals surface area contributed by atoms with Gasteiger partial charge in [-0.3, -0.25) is 9.59 Å². The Morgan fingerprint density at radius 2 is 2.27 bits per heavy atom. The van der Waals surface area contributed by atoms with Crippen molar-refractivity contribution in [2.75, 3.05) is 36.5 Å². The van der Waals surface area contributed by atoms with Crippen molar-refractivity contribution in [3.8, 4) is 0 Å². The van der Waals surface area contributed by atoms with E-state index in [1.54, 1.807) is 13.0 Å². The number of aryl methyl sites for hydroxylation is 1. The summed E-state index contributed by atoms with van der Waals surface area (Å²) in [4.78, 5) is 23.3. The van der Waals surface area contributed by atoms with Gasteiger partial charge in [0.15, 0.2) is 5.82 Å². The number of nitrogens with one attached hydrogen (secondary N) is 3. The zero-order valence-corrected chi connectivity index (χ0v) is 13.5. The molecular weight excluding hydrogens is 304 g/mol. The summed E-state index contributed by atoms with van der Waals surface area (Å²) in [5.41, 5.74) is 0. The van der Waals surface area contributed by atoms with Crippen molar-refractivity contribution in [2.45, 2.75) is 19.8 Å². The predicted octanol–water partition coefficient (Wildman–Crippen LogP) is 0.771. The number of hydrogen-bond donors (Lipinski definition) is 3. The van der Waals surface area contributed by atoms with E-state index in [4.69, 9.17) is 4.52 Å². The maximum absolute atomic E-state index is 11.7. The predicted molar refractivity (Wildman–Crippen MR) is 85.8 cm³/mol. The van der Waals surface area contributed by atoms with Crippen LogP contribution in [-0.4, -0.2) is 48.1 Å². The van der Waals surface area contributed by atoms with Gasteiger partial charge in [0.1, 0.15) is 5.76 Å². The highest BCUT2D eigenvalue weighted by atomic mass is 32.2. The summed E-state index contributed by atoms with van der Waals surface area (Å²) in [6.07, 6.45) is 2.20. The van der Waals surface area contributed by atoms with Gasteiger partial charge in [0.05, 0.1) is 11.5 Å². The highest BCUT2D eigenvalue weighted by molar-refractivity contribution is 8.00. The Morgan fingerprint density at radius 1 is 1.45 bits per heavy atom. The lowest BCUT2D eigenvalue weighted by Gasteiger charge is -2.09. The van der Waals surface area contributed by atoms with Gasteiger partial charge in [-0.05, 0) is 38.8 Å². The molecule has 0 aromatic carbocycles. The molecule has 0 saturated carbocycles. The molecular formula is C14H22N4O3S. The monoisotopic (exact) mass is 326 g/mol. The summed E-state index contributed by atoms with van der Waals surface area (Å²) < 4.78 is 4.85. The Morgan fingerprint density at radius 3 is 2.95 bits per heavy atom. The number of amides is 2. The summed E-state index contributed by atoms with van der Waals surface area (Å²) >= 11 is 1.28. The van der Waals surface area contributed by atoms with Gasteiger partial charge in [0, 0.05) is 12.6 Å². The van der Waals surface area contributed by atoms with Crippen molar-refractivity contribution in [2.24, 2.45) is 5.92 Å². The first kappa shape index (κ1) is 16.8. The van der Waals surface area contributed by atoms with E-state index in [2.05, 4.69) is 21.1 Å². The standard InChI is InChI=1S/C14H22N4O3S/c1-10-6-12(18-21-10)17-14(20)9-22-8-13(19)16-5-3-11-2-4-15-7-11/h6,11,15H,2-5,7-9H2,1H3,(H,16,19)(H,17,18,20). The second-order valence-corrected chi connectivity index (χ2v) is 6.35. The van der Waals surface area contributed by atoms with E-state index in [1.807, 2.05) is 0 Å². The third-order valence-electron chi connectivity index (χ3n) is 3.40. The molecule has 1 atom stereocenters. The van der Waals surface area contributed by atoms with Crippen LogP contribution in [0.3, 0.4) is 0 Å². The highest BCUT2D eigenvalue weighted by Crippen LogP contribution is 2.11. The average Bonchev–Trinajstić information content (AvgIpc) is 3.11. The van der Waals surface area contributed by atoms with Crippen LogP contribution < -0.4 is 16.0 Å². The SMILES string of the molecule is Cc1cc(NC(=O)CSCC(=O)NCCC2CCNC2)no1. The molecule has 2 amide bonds. The molecule has 1 aromatic heterocycles. The maximum atomic E-state index is 11.7. The number of hydrogen-bond acceptors (Lipinski definition) is 6. The van der Waals surface area contributed by atoms with Crippen LogP contribution in [0.4, 0.5) is 5.82 Å². The van der Waals surface area contributed by atoms with Gasteiger partial charge in [-0.2, -0.15) is 0 Å². The quantitative estimate of drug-likeness (QED) is 0.653.